The van der Waals surface area contributed by atoms with Crippen LogP contribution in [0.15, 0.2) is 48.5 Å². The summed E-state index contributed by atoms with van der Waals surface area (Å²) in [6.07, 6.45) is 1.88. The first-order chi connectivity index (χ1) is 14.5. The fourth-order valence-corrected chi connectivity index (χ4v) is 5.47. The van der Waals surface area contributed by atoms with Crippen molar-refractivity contribution in [3.63, 3.8) is 0 Å². The lowest BCUT2D eigenvalue weighted by Crippen LogP contribution is -2.39. The molecule has 3 N–H and O–H groups in total. The first-order valence-electron chi connectivity index (χ1n) is 10.3. The molecule has 5 rings (SSSR count). The highest BCUT2D eigenvalue weighted by Crippen LogP contribution is 2.53. The number of hydrogen-bond donors (Lipinski definition) is 2. The van der Waals surface area contributed by atoms with Crippen molar-refractivity contribution in [3.8, 4) is 0 Å². The van der Waals surface area contributed by atoms with Crippen molar-refractivity contribution in [3.05, 3.63) is 71.0 Å². The number of hydrogen-bond acceptors (Lipinski definition) is 4. The van der Waals surface area contributed by atoms with Crippen molar-refractivity contribution in [1.29, 1.82) is 5.41 Å². The Morgan fingerprint density at radius 3 is 2.42 bits per heavy atom. The molecule has 4 atom stereocenters. The summed E-state index contributed by atoms with van der Waals surface area (Å²) in [5.74, 6) is -1.67. The molecule has 3 saturated heterocycles. The predicted molar refractivity (Wildman–Crippen MR) is 116 cm³/mol. The van der Waals surface area contributed by atoms with Crippen molar-refractivity contribution in [2.24, 2.45) is 17.6 Å². The van der Waals surface area contributed by atoms with Crippen LogP contribution in [0.1, 0.15) is 35.6 Å². The molecule has 0 aliphatic carbocycles. The fraction of sp³-hybridized carbons (Fsp3) is 0.348. The Bertz CT molecular complexity index is 1040. The third-order valence-corrected chi connectivity index (χ3v) is 6.79. The molecule has 3 heterocycles. The number of nitrogens with two attached hydrogens (primary N) is 1. The summed E-state index contributed by atoms with van der Waals surface area (Å²) in [4.78, 5) is 30.2. The maximum Gasteiger partial charge on any atom is 0.235 e. The number of carbonyl (C=O) groups is 2. The van der Waals surface area contributed by atoms with Crippen molar-refractivity contribution in [2.45, 2.75) is 31.5 Å². The summed E-state index contributed by atoms with van der Waals surface area (Å²) in [5.41, 5.74) is 7.50. The molecule has 162 valence electrons. The number of rotatable bonds is 4. The summed E-state index contributed by atoms with van der Waals surface area (Å²) < 4.78 is 14.2. The Morgan fingerprint density at radius 2 is 1.74 bits per heavy atom. The van der Waals surface area contributed by atoms with E-state index in [1.807, 2.05) is 12.1 Å². The molecule has 2 aromatic carbocycles. The summed E-state index contributed by atoms with van der Waals surface area (Å²) in [6, 6.07) is 13.5. The van der Waals surface area contributed by atoms with Crippen LogP contribution < -0.4 is 5.73 Å². The largest absolute Gasteiger partial charge is 0.384 e. The third kappa shape index (κ3) is 3.32. The predicted octanol–water partition coefficient (Wildman–Crippen LogP) is 2.85. The molecule has 3 aliphatic heterocycles. The van der Waals surface area contributed by atoms with Gasteiger partial charge in [-0.1, -0.05) is 42.5 Å². The molecule has 2 amide bonds. The quantitative estimate of drug-likeness (QED) is 0.433. The van der Waals surface area contributed by atoms with E-state index in [4.69, 9.17) is 11.1 Å². The number of amides is 2. The van der Waals surface area contributed by atoms with Gasteiger partial charge in [0.2, 0.25) is 11.8 Å². The standard InChI is InChI=1S/C23H23FN4O2.ClH/c24-16-5-2-1-4-15(16)12-28-22(29)18-17-6-3-11-27(17)20(19(18)23(28)30)13-7-9-14(10-8-13)21(25)26;/h1-2,4-5,7-10,17-20H,3,6,11-12H2,(H3,25,26);1H/t17-,18-,19-,20-;/m0./s1. The number of nitrogens with one attached hydrogen (secondary N) is 1. The summed E-state index contributed by atoms with van der Waals surface area (Å²) in [6.45, 7) is 0.824. The number of amidine groups is 1. The number of nitrogen functional groups attached to an aromatic ring is 1. The van der Waals surface area contributed by atoms with Gasteiger partial charge >= 0.3 is 0 Å². The molecule has 0 aromatic heterocycles. The van der Waals surface area contributed by atoms with Gasteiger partial charge in [-0.3, -0.25) is 24.8 Å². The third-order valence-electron chi connectivity index (χ3n) is 6.79. The van der Waals surface area contributed by atoms with E-state index < -0.39 is 11.7 Å². The van der Waals surface area contributed by atoms with Crippen LogP contribution in [0.2, 0.25) is 0 Å². The van der Waals surface area contributed by atoms with Crippen LogP contribution in [0.25, 0.3) is 0 Å². The van der Waals surface area contributed by atoms with E-state index in [9.17, 15) is 14.0 Å². The Balaban J connectivity index is 0.00000231. The molecule has 0 radical (unpaired) electrons. The number of nitrogens with zero attached hydrogens (tertiary/aromatic N) is 2. The average Bonchev–Trinajstić information content (AvgIpc) is 3.38. The number of fused-ring (bicyclic) bond motifs is 3. The molecule has 0 spiro atoms. The first kappa shape index (κ1) is 21.5. The summed E-state index contributed by atoms with van der Waals surface area (Å²) >= 11 is 0. The molecule has 2 aromatic rings. The van der Waals surface area contributed by atoms with Gasteiger partial charge in [0.15, 0.2) is 0 Å². The molecule has 3 aliphatic rings. The topological polar surface area (TPSA) is 90.5 Å². The van der Waals surface area contributed by atoms with Gasteiger partial charge in [-0.05, 0) is 31.0 Å². The molecular formula is C23H24ClFN4O2. The lowest BCUT2D eigenvalue weighted by molar-refractivity contribution is -0.142. The first-order valence-corrected chi connectivity index (χ1v) is 10.3. The summed E-state index contributed by atoms with van der Waals surface area (Å²) in [5, 5.41) is 7.59. The van der Waals surface area contributed by atoms with Gasteiger partial charge in [0.1, 0.15) is 11.7 Å². The highest BCUT2D eigenvalue weighted by atomic mass is 35.5. The van der Waals surface area contributed by atoms with Crippen molar-refractivity contribution >= 4 is 30.1 Å². The van der Waals surface area contributed by atoms with E-state index in [0.717, 1.165) is 24.9 Å². The Labute approximate surface area is 186 Å². The van der Waals surface area contributed by atoms with E-state index in [1.165, 1.54) is 11.0 Å². The SMILES string of the molecule is Cl.N=C(N)c1ccc([C@H]2[C@H]3C(=O)N(Cc4ccccc4F)C(=O)[C@H]3[C@@H]3CCCN32)cc1. The van der Waals surface area contributed by atoms with Crippen molar-refractivity contribution in [2.75, 3.05) is 6.54 Å². The van der Waals surface area contributed by atoms with Crippen LogP contribution in [0.3, 0.4) is 0 Å². The van der Waals surface area contributed by atoms with Crippen LogP contribution in [0, 0.1) is 23.1 Å². The van der Waals surface area contributed by atoms with Gasteiger partial charge < -0.3 is 5.73 Å². The van der Waals surface area contributed by atoms with Crippen LogP contribution >= 0.6 is 12.4 Å². The van der Waals surface area contributed by atoms with E-state index in [0.29, 0.717) is 11.1 Å². The minimum Gasteiger partial charge on any atom is -0.384 e. The van der Waals surface area contributed by atoms with Gasteiger partial charge in [0.05, 0.1) is 18.4 Å². The lowest BCUT2D eigenvalue weighted by atomic mass is 9.85. The molecule has 0 bridgehead atoms. The maximum atomic E-state index is 14.2. The van der Waals surface area contributed by atoms with Gasteiger partial charge in [-0.25, -0.2) is 4.39 Å². The number of benzene rings is 2. The van der Waals surface area contributed by atoms with Crippen LogP contribution in [-0.2, 0) is 16.1 Å². The smallest absolute Gasteiger partial charge is 0.235 e. The van der Waals surface area contributed by atoms with Gasteiger partial charge in [0.25, 0.3) is 0 Å². The number of imide groups is 1. The minimum atomic E-state index is -0.460. The Morgan fingerprint density at radius 1 is 1.06 bits per heavy atom. The Kier molecular flexibility index (Phi) is 5.58. The monoisotopic (exact) mass is 442 g/mol. The van der Waals surface area contributed by atoms with Crippen molar-refractivity contribution < 1.29 is 14.0 Å². The highest BCUT2D eigenvalue weighted by Gasteiger charge is 2.62. The second-order valence-corrected chi connectivity index (χ2v) is 8.33. The number of carbonyl (C=O) groups excluding carboxylic acids is 2. The normalized spacial score (nSPS) is 27.2. The van der Waals surface area contributed by atoms with Crippen LogP contribution in [-0.4, -0.2) is 40.0 Å². The average molecular weight is 443 g/mol. The van der Waals surface area contributed by atoms with Gasteiger partial charge in [0, 0.05) is 23.2 Å². The second-order valence-electron chi connectivity index (χ2n) is 8.33. The van der Waals surface area contributed by atoms with E-state index in [-0.39, 0.29) is 54.6 Å². The fourth-order valence-electron chi connectivity index (χ4n) is 5.47. The molecule has 0 unspecified atom stereocenters. The molecule has 0 saturated carbocycles. The second kappa shape index (κ2) is 8.05. The molecular weight excluding hydrogens is 419 g/mol. The zero-order chi connectivity index (χ0) is 21.0. The zero-order valence-electron chi connectivity index (χ0n) is 16.8. The number of halogens is 2. The Hall–Kier alpha value is -2.77. The lowest BCUT2D eigenvalue weighted by Gasteiger charge is -2.29. The van der Waals surface area contributed by atoms with Gasteiger partial charge in [-0.15, -0.1) is 12.4 Å². The summed E-state index contributed by atoms with van der Waals surface area (Å²) in [7, 11) is 0. The zero-order valence-corrected chi connectivity index (χ0v) is 17.6. The highest BCUT2D eigenvalue weighted by molar-refractivity contribution is 6.06. The molecule has 6 nitrogen and oxygen atoms in total. The molecule has 3 fully saturated rings. The van der Waals surface area contributed by atoms with Gasteiger partial charge in [-0.2, -0.15) is 0 Å². The van der Waals surface area contributed by atoms with Crippen LogP contribution in [0.4, 0.5) is 4.39 Å². The van der Waals surface area contributed by atoms with E-state index >= 15 is 0 Å². The maximum absolute atomic E-state index is 14.2. The van der Waals surface area contributed by atoms with Crippen molar-refractivity contribution in [1.82, 2.24) is 9.80 Å². The van der Waals surface area contributed by atoms with E-state index in [1.54, 1.807) is 30.3 Å². The molecule has 8 heteroatoms. The molecule has 31 heavy (non-hydrogen) atoms. The van der Waals surface area contributed by atoms with Crippen LogP contribution in [0.5, 0.6) is 0 Å². The van der Waals surface area contributed by atoms with E-state index in [2.05, 4.69) is 4.90 Å². The number of likely N-dealkylation sites (tertiary alicyclic amines) is 1. The minimum absolute atomic E-state index is 0.